The van der Waals surface area contributed by atoms with Crippen LogP contribution < -0.4 is 10.6 Å². The van der Waals surface area contributed by atoms with Crippen molar-refractivity contribution >= 4 is 21.9 Å². The zero-order valence-electron chi connectivity index (χ0n) is 11.0. The number of halogens is 5. The minimum Gasteiger partial charge on any atom is -0.324 e. The molecule has 0 radical (unpaired) electrons. The van der Waals surface area contributed by atoms with Crippen LogP contribution in [0.1, 0.15) is 11.3 Å². The van der Waals surface area contributed by atoms with Crippen LogP contribution in [0.2, 0.25) is 0 Å². The van der Waals surface area contributed by atoms with Crippen molar-refractivity contribution < 1.29 is 19.4 Å². The topological polar surface area (TPSA) is 49.8 Å². The van der Waals surface area contributed by atoms with E-state index in [0.717, 1.165) is 23.4 Å². The largest absolute Gasteiger partial charge is 0.324 e. The molecule has 1 aliphatic heterocycles. The first-order valence-electron chi connectivity index (χ1n) is 6.18. The summed E-state index contributed by atoms with van der Waals surface area (Å²) in [6.45, 7) is 1.24. The molecule has 2 aromatic rings. The van der Waals surface area contributed by atoms with Gasteiger partial charge in [0.1, 0.15) is 4.90 Å². The number of aromatic nitrogens is 2. The fourth-order valence-corrected chi connectivity index (χ4v) is 2.69. The van der Waals surface area contributed by atoms with Crippen LogP contribution in [0.3, 0.4) is 0 Å². The van der Waals surface area contributed by atoms with Gasteiger partial charge in [0, 0.05) is 30.5 Å². The van der Waals surface area contributed by atoms with Crippen LogP contribution in [0.5, 0.6) is 0 Å². The van der Waals surface area contributed by atoms with Gasteiger partial charge in [-0.05, 0) is 24.3 Å². The number of hydrogen-bond acceptors (Lipinski definition) is 4. The Labute approximate surface area is 122 Å². The molecule has 2 heterocycles. The zero-order chi connectivity index (χ0) is 16.1. The average molecular weight is 338 g/mol. The molecule has 120 valence electrons. The van der Waals surface area contributed by atoms with Crippen LogP contribution in [0.15, 0.2) is 35.4 Å². The molecule has 0 atom stereocenters. The Hall–Kier alpha value is -1.94. The van der Waals surface area contributed by atoms with Crippen LogP contribution in [-0.4, -0.2) is 9.97 Å². The van der Waals surface area contributed by atoms with Crippen LogP contribution >= 0.6 is 10.2 Å². The molecule has 0 fully saturated rings. The minimum absolute atomic E-state index is 0.191. The predicted octanol–water partition coefficient (Wildman–Crippen LogP) is 4.48. The highest BCUT2D eigenvalue weighted by Gasteiger charge is 2.65. The fourth-order valence-electron chi connectivity index (χ4n) is 2.04. The highest BCUT2D eigenvalue weighted by Crippen LogP contribution is 3.02. The number of anilines is 2. The van der Waals surface area contributed by atoms with Gasteiger partial charge in [0.2, 0.25) is 5.95 Å². The quantitative estimate of drug-likeness (QED) is 0.810. The van der Waals surface area contributed by atoms with Crippen molar-refractivity contribution in [1.82, 2.24) is 15.3 Å². The number of benzene rings is 1. The molecule has 0 aliphatic carbocycles. The lowest BCUT2D eigenvalue weighted by Gasteiger charge is -2.40. The van der Waals surface area contributed by atoms with Crippen molar-refractivity contribution in [3.05, 3.63) is 41.7 Å². The van der Waals surface area contributed by atoms with Gasteiger partial charge in [-0.1, -0.05) is 19.4 Å². The summed E-state index contributed by atoms with van der Waals surface area (Å²) in [7, 11) is -9.63. The molecule has 10 heteroatoms. The van der Waals surface area contributed by atoms with E-state index >= 15 is 0 Å². The van der Waals surface area contributed by atoms with Crippen LogP contribution in [0.4, 0.5) is 31.1 Å². The first-order chi connectivity index (χ1) is 10.0. The number of rotatable bonds is 3. The van der Waals surface area contributed by atoms with Crippen molar-refractivity contribution in [3.8, 4) is 0 Å². The van der Waals surface area contributed by atoms with E-state index in [1.54, 1.807) is 6.20 Å². The van der Waals surface area contributed by atoms with Gasteiger partial charge in [-0.3, -0.25) is 0 Å². The summed E-state index contributed by atoms with van der Waals surface area (Å²) in [6.07, 6.45) is 1.60. The SMILES string of the molecule is FS(F)(F)(F)(F)c1ccc(Nc2ncc3c(n2)CNC3)cc1. The zero-order valence-corrected chi connectivity index (χ0v) is 11.8. The van der Waals surface area contributed by atoms with Crippen molar-refractivity contribution in [2.24, 2.45) is 0 Å². The second-order valence-electron chi connectivity index (χ2n) is 4.89. The Bertz CT molecular complexity index is 730. The lowest BCUT2D eigenvalue weighted by molar-refractivity contribution is 0.364. The molecular formula is C12H11F5N4S. The Kier molecular flexibility index (Phi) is 2.77. The highest BCUT2D eigenvalue weighted by atomic mass is 32.5. The summed E-state index contributed by atoms with van der Waals surface area (Å²) >= 11 is 0. The standard InChI is InChI=1S/C12H11F5N4S/c13-22(14,15,16,17)10-3-1-9(2-4-10)20-12-19-6-8-5-18-7-11(8)21-12/h1-4,6,18H,5,7H2,(H,19,20,21). The summed E-state index contributed by atoms with van der Waals surface area (Å²) in [5, 5.41) is 5.76. The number of nitrogens with one attached hydrogen (secondary N) is 2. The van der Waals surface area contributed by atoms with Crippen molar-refractivity contribution in [2.45, 2.75) is 18.0 Å². The van der Waals surface area contributed by atoms with Gasteiger partial charge in [0.15, 0.2) is 0 Å². The second-order valence-corrected chi connectivity index (χ2v) is 7.30. The summed E-state index contributed by atoms with van der Waals surface area (Å²) in [6, 6.07) is 2.53. The van der Waals surface area contributed by atoms with Gasteiger partial charge in [-0.25, -0.2) is 9.97 Å². The molecule has 3 rings (SSSR count). The third-order valence-corrected chi connectivity index (χ3v) is 4.28. The van der Waals surface area contributed by atoms with Crippen molar-refractivity contribution in [3.63, 3.8) is 0 Å². The van der Waals surface area contributed by atoms with E-state index in [-0.39, 0.29) is 11.6 Å². The fraction of sp³-hybridized carbons (Fsp3) is 0.167. The molecule has 4 nitrogen and oxygen atoms in total. The monoisotopic (exact) mass is 338 g/mol. The van der Waals surface area contributed by atoms with Gasteiger partial charge in [-0.2, -0.15) is 0 Å². The molecule has 2 N–H and O–H groups in total. The van der Waals surface area contributed by atoms with Crippen LogP contribution in [-0.2, 0) is 13.1 Å². The molecule has 22 heavy (non-hydrogen) atoms. The molecule has 0 amide bonds. The van der Waals surface area contributed by atoms with Crippen LogP contribution in [0, 0.1) is 0 Å². The summed E-state index contributed by atoms with van der Waals surface area (Å²) in [5.74, 6) is 0.197. The van der Waals surface area contributed by atoms with E-state index in [2.05, 4.69) is 20.6 Å². The Morgan fingerprint density at radius 2 is 1.68 bits per heavy atom. The van der Waals surface area contributed by atoms with E-state index in [0.29, 0.717) is 25.2 Å². The molecule has 0 spiro atoms. The van der Waals surface area contributed by atoms with Gasteiger partial charge >= 0.3 is 10.2 Å². The molecule has 1 aliphatic rings. The predicted molar refractivity (Wildman–Crippen MR) is 73.7 cm³/mol. The first kappa shape index (κ1) is 15.0. The van der Waals surface area contributed by atoms with Gasteiger partial charge in [0.05, 0.1) is 5.69 Å². The Balaban J connectivity index is 1.83. The lowest BCUT2D eigenvalue weighted by atomic mass is 10.3. The second kappa shape index (κ2) is 4.07. The van der Waals surface area contributed by atoms with Gasteiger partial charge in [-0.15, -0.1) is 0 Å². The summed E-state index contributed by atoms with van der Waals surface area (Å²) in [4.78, 5) is 6.29. The van der Waals surface area contributed by atoms with E-state index in [4.69, 9.17) is 0 Å². The molecule has 1 aromatic carbocycles. The smallest absolute Gasteiger partial charge is 0.310 e. The van der Waals surface area contributed by atoms with Gasteiger partial charge < -0.3 is 10.6 Å². The maximum atomic E-state index is 12.6. The molecule has 0 unspecified atom stereocenters. The van der Waals surface area contributed by atoms with E-state index in [9.17, 15) is 19.4 Å². The van der Waals surface area contributed by atoms with Crippen molar-refractivity contribution in [1.29, 1.82) is 0 Å². The Morgan fingerprint density at radius 3 is 2.32 bits per heavy atom. The first-order valence-corrected chi connectivity index (χ1v) is 8.13. The number of fused-ring (bicyclic) bond motifs is 1. The molecule has 0 bridgehead atoms. The molecular weight excluding hydrogens is 327 g/mol. The third-order valence-electron chi connectivity index (χ3n) is 3.12. The number of nitrogens with zero attached hydrogens (tertiary/aromatic N) is 2. The minimum atomic E-state index is -9.63. The lowest BCUT2D eigenvalue weighted by Crippen LogP contribution is -2.06. The van der Waals surface area contributed by atoms with Gasteiger partial charge in [0.25, 0.3) is 0 Å². The normalized spacial score (nSPS) is 17.5. The van der Waals surface area contributed by atoms with E-state index in [1.807, 2.05) is 0 Å². The molecule has 0 saturated carbocycles. The van der Waals surface area contributed by atoms with E-state index in [1.165, 1.54) is 0 Å². The highest BCUT2D eigenvalue weighted by molar-refractivity contribution is 8.45. The maximum absolute atomic E-state index is 12.6. The molecule has 1 aromatic heterocycles. The Morgan fingerprint density at radius 1 is 1.00 bits per heavy atom. The number of hydrogen-bond donors (Lipinski definition) is 2. The van der Waals surface area contributed by atoms with E-state index < -0.39 is 15.1 Å². The molecule has 0 saturated heterocycles. The third kappa shape index (κ3) is 3.12. The summed E-state index contributed by atoms with van der Waals surface area (Å²) < 4.78 is 63.0. The average Bonchev–Trinajstić information content (AvgIpc) is 2.84. The van der Waals surface area contributed by atoms with Crippen molar-refractivity contribution in [2.75, 3.05) is 5.32 Å². The maximum Gasteiger partial charge on any atom is 0.310 e. The van der Waals surface area contributed by atoms with Crippen LogP contribution in [0.25, 0.3) is 0 Å². The summed E-state index contributed by atoms with van der Waals surface area (Å²) in [5.41, 5.74) is 1.93.